The van der Waals surface area contributed by atoms with Gasteiger partial charge in [-0.1, -0.05) is 17.8 Å². The first-order valence-electron chi connectivity index (χ1n) is 9.40. The third-order valence-electron chi connectivity index (χ3n) is 4.78. The Bertz CT molecular complexity index is 834. The number of aromatic nitrogens is 3. The van der Waals surface area contributed by atoms with E-state index in [1.165, 1.54) is 24.6 Å². The smallest absolute Gasteiger partial charge is 0.230 e. The van der Waals surface area contributed by atoms with Crippen LogP contribution in [-0.2, 0) is 11.3 Å². The van der Waals surface area contributed by atoms with Crippen molar-refractivity contribution in [3.63, 3.8) is 0 Å². The number of hydrogen-bond acceptors (Lipinski definition) is 6. The lowest BCUT2D eigenvalue weighted by Crippen LogP contribution is -2.28. The molecule has 144 valence electrons. The minimum Gasteiger partial charge on any atom is -0.486 e. The number of carbonyl (C=O) groups excluding carboxylic acids is 1. The van der Waals surface area contributed by atoms with Crippen LogP contribution in [-0.4, -0.2) is 39.6 Å². The van der Waals surface area contributed by atoms with Gasteiger partial charge in [0.15, 0.2) is 16.7 Å². The van der Waals surface area contributed by atoms with Crippen molar-refractivity contribution in [2.45, 2.75) is 50.4 Å². The molecular formula is C19H24N4O3S. The first-order chi connectivity index (χ1) is 13.2. The monoisotopic (exact) mass is 388 g/mol. The minimum absolute atomic E-state index is 0.0268. The maximum absolute atomic E-state index is 12.4. The number of rotatable bonds is 7. The van der Waals surface area contributed by atoms with E-state index >= 15 is 0 Å². The van der Waals surface area contributed by atoms with Crippen LogP contribution in [0.15, 0.2) is 23.4 Å². The largest absolute Gasteiger partial charge is 0.486 e. The fraction of sp³-hybridized carbons (Fsp3) is 0.526. The van der Waals surface area contributed by atoms with Gasteiger partial charge in [-0.2, -0.15) is 0 Å². The van der Waals surface area contributed by atoms with Crippen molar-refractivity contribution in [3.05, 3.63) is 29.6 Å². The van der Waals surface area contributed by atoms with Gasteiger partial charge in [0.05, 0.1) is 11.8 Å². The molecule has 1 atom stereocenters. The zero-order valence-electron chi connectivity index (χ0n) is 15.6. The predicted octanol–water partition coefficient (Wildman–Crippen LogP) is 2.92. The van der Waals surface area contributed by atoms with Crippen molar-refractivity contribution >= 4 is 17.7 Å². The molecule has 2 aliphatic rings. The number of carbonyl (C=O) groups is 1. The summed E-state index contributed by atoms with van der Waals surface area (Å²) in [6.45, 7) is 6.00. The Morgan fingerprint density at radius 3 is 2.81 bits per heavy atom. The molecule has 7 nitrogen and oxygen atoms in total. The average molecular weight is 388 g/mol. The molecule has 27 heavy (non-hydrogen) atoms. The Morgan fingerprint density at radius 1 is 1.30 bits per heavy atom. The van der Waals surface area contributed by atoms with Crippen molar-refractivity contribution in [1.82, 2.24) is 20.1 Å². The van der Waals surface area contributed by atoms with Crippen LogP contribution in [0.1, 0.15) is 50.0 Å². The zero-order chi connectivity index (χ0) is 18.8. The number of ether oxygens (including phenoxy) is 2. The molecule has 4 rings (SSSR count). The van der Waals surface area contributed by atoms with Crippen molar-refractivity contribution in [3.8, 4) is 11.5 Å². The molecule has 8 heteroatoms. The molecule has 1 aliphatic carbocycles. The summed E-state index contributed by atoms with van der Waals surface area (Å²) >= 11 is 1.44. The van der Waals surface area contributed by atoms with Gasteiger partial charge in [0.1, 0.15) is 19.0 Å². The van der Waals surface area contributed by atoms with E-state index in [2.05, 4.69) is 27.0 Å². The Balaban J connectivity index is 1.34. The van der Waals surface area contributed by atoms with Crippen LogP contribution in [0, 0.1) is 0 Å². The topological polar surface area (TPSA) is 78.3 Å². The molecule has 2 aromatic rings. The van der Waals surface area contributed by atoms with E-state index in [9.17, 15) is 4.79 Å². The van der Waals surface area contributed by atoms with E-state index in [0.29, 0.717) is 24.9 Å². The van der Waals surface area contributed by atoms with Gasteiger partial charge in [0, 0.05) is 12.5 Å². The first-order valence-corrected chi connectivity index (χ1v) is 10.4. The molecule has 0 saturated heterocycles. The molecule has 1 saturated carbocycles. The molecule has 1 unspecified atom stereocenters. The summed E-state index contributed by atoms with van der Waals surface area (Å²) in [4.78, 5) is 12.4. The van der Waals surface area contributed by atoms with Crippen LogP contribution >= 0.6 is 11.8 Å². The number of fused-ring (bicyclic) bond motifs is 1. The third kappa shape index (κ3) is 4.05. The average Bonchev–Trinajstić information content (AvgIpc) is 3.45. The van der Waals surface area contributed by atoms with Crippen LogP contribution in [0.4, 0.5) is 0 Å². The van der Waals surface area contributed by atoms with Gasteiger partial charge in [-0.3, -0.25) is 4.79 Å². The standard InChI is InChI=1S/C19H24N4O3S/c1-3-23-18(13-4-5-13)21-22-19(23)27-11-17(24)20-12(2)14-6-7-15-16(10-14)26-9-8-25-15/h6-7,10,12-13H,3-5,8-9,11H2,1-2H3,(H,20,24). The van der Waals surface area contributed by atoms with Gasteiger partial charge in [-0.25, -0.2) is 0 Å². The van der Waals surface area contributed by atoms with Crippen LogP contribution in [0.25, 0.3) is 0 Å². The Labute approximate surface area is 162 Å². The number of thioether (sulfide) groups is 1. The number of benzene rings is 1. The van der Waals surface area contributed by atoms with E-state index in [4.69, 9.17) is 9.47 Å². The molecule has 1 aromatic heterocycles. The quantitative estimate of drug-likeness (QED) is 0.735. The van der Waals surface area contributed by atoms with Gasteiger partial charge in [0.25, 0.3) is 0 Å². The summed E-state index contributed by atoms with van der Waals surface area (Å²) in [6.07, 6.45) is 2.38. The van der Waals surface area contributed by atoms with E-state index in [1.54, 1.807) is 0 Å². The summed E-state index contributed by atoms with van der Waals surface area (Å²) in [5.41, 5.74) is 0.991. The highest BCUT2D eigenvalue weighted by Crippen LogP contribution is 2.40. The van der Waals surface area contributed by atoms with E-state index in [-0.39, 0.29) is 11.9 Å². The van der Waals surface area contributed by atoms with Gasteiger partial charge in [-0.05, 0) is 44.4 Å². The molecule has 2 heterocycles. The summed E-state index contributed by atoms with van der Waals surface area (Å²) in [5, 5.41) is 12.4. The lowest BCUT2D eigenvalue weighted by Gasteiger charge is -2.21. The molecule has 0 spiro atoms. The van der Waals surface area contributed by atoms with Crippen LogP contribution in [0.2, 0.25) is 0 Å². The summed E-state index contributed by atoms with van der Waals surface area (Å²) in [6, 6.07) is 5.67. The summed E-state index contributed by atoms with van der Waals surface area (Å²) < 4.78 is 13.3. The van der Waals surface area contributed by atoms with Crippen molar-refractivity contribution in [2.24, 2.45) is 0 Å². The Kier molecular flexibility index (Phi) is 5.24. The molecule has 1 amide bonds. The molecule has 0 bridgehead atoms. The van der Waals surface area contributed by atoms with Gasteiger partial charge in [0.2, 0.25) is 5.91 Å². The van der Waals surface area contributed by atoms with E-state index < -0.39 is 0 Å². The lowest BCUT2D eigenvalue weighted by atomic mass is 10.1. The highest BCUT2D eigenvalue weighted by atomic mass is 32.2. The second-order valence-corrected chi connectivity index (χ2v) is 7.78. The number of amides is 1. The normalized spacial score (nSPS) is 16.8. The van der Waals surface area contributed by atoms with Crippen LogP contribution < -0.4 is 14.8 Å². The highest BCUT2D eigenvalue weighted by Gasteiger charge is 2.30. The summed E-state index contributed by atoms with van der Waals surface area (Å²) in [7, 11) is 0. The van der Waals surface area contributed by atoms with Gasteiger partial charge in [-0.15, -0.1) is 10.2 Å². The van der Waals surface area contributed by atoms with E-state index in [1.807, 2.05) is 25.1 Å². The lowest BCUT2D eigenvalue weighted by molar-refractivity contribution is -0.119. The number of nitrogens with one attached hydrogen (secondary N) is 1. The van der Waals surface area contributed by atoms with Crippen LogP contribution in [0.5, 0.6) is 11.5 Å². The minimum atomic E-state index is -0.111. The number of nitrogens with zero attached hydrogens (tertiary/aromatic N) is 3. The predicted molar refractivity (Wildman–Crippen MR) is 102 cm³/mol. The molecule has 1 fully saturated rings. The Morgan fingerprint density at radius 2 is 2.07 bits per heavy atom. The van der Waals surface area contributed by atoms with Gasteiger partial charge >= 0.3 is 0 Å². The maximum atomic E-state index is 12.4. The zero-order valence-corrected chi connectivity index (χ0v) is 16.4. The Hall–Kier alpha value is -2.22. The highest BCUT2D eigenvalue weighted by molar-refractivity contribution is 7.99. The third-order valence-corrected chi connectivity index (χ3v) is 5.75. The second-order valence-electron chi connectivity index (χ2n) is 6.84. The van der Waals surface area contributed by atoms with E-state index in [0.717, 1.165) is 34.6 Å². The second kappa shape index (κ2) is 7.80. The molecule has 1 N–H and O–H groups in total. The molecule has 0 radical (unpaired) electrons. The SMILES string of the molecule is CCn1c(SCC(=O)NC(C)c2ccc3c(c2)OCCO3)nnc1C1CC1. The molecule has 1 aromatic carbocycles. The van der Waals surface area contributed by atoms with Crippen molar-refractivity contribution in [2.75, 3.05) is 19.0 Å². The van der Waals surface area contributed by atoms with Gasteiger partial charge < -0.3 is 19.4 Å². The maximum Gasteiger partial charge on any atom is 0.230 e. The summed E-state index contributed by atoms with van der Waals surface area (Å²) in [5.74, 6) is 3.39. The fourth-order valence-corrected chi connectivity index (χ4v) is 3.99. The van der Waals surface area contributed by atoms with Crippen LogP contribution in [0.3, 0.4) is 0 Å². The first kappa shape index (κ1) is 18.2. The van der Waals surface area contributed by atoms with Crippen molar-refractivity contribution < 1.29 is 14.3 Å². The van der Waals surface area contributed by atoms with Crippen molar-refractivity contribution in [1.29, 1.82) is 0 Å². The fourth-order valence-electron chi connectivity index (χ4n) is 3.17. The molecular weight excluding hydrogens is 364 g/mol. The number of hydrogen-bond donors (Lipinski definition) is 1. The molecule has 1 aliphatic heterocycles.